The summed E-state index contributed by atoms with van der Waals surface area (Å²) in [4.78, 5) is 4.79. The van der Waals surface area contributed by atoms with Crippen molar-refractivity contribution in [1.82, 2.24) is 19.3 Å². The maximum atomic E-state index is 8.31. The van der Waals surface area contributed by atoms with E-state index in [9.17, 15) is 0 Å². The van der Waals surface area contributed by atoms with E-state index in [0.29, 0.717) is 6.04 Å². The minimum atomic E-state index is -0.0186. The predicted octanol–water partition coefficient (Wildman–Crippen LogP) is 10.0. The molecule has 0 fully saturated rings. The average molecular weight is 578 g/mol. The van der Waals surface area contributed by atoms with E-state index < -0.39 is 0 Å². The van der Waals surface area contributed by atoms with Crippen LogP contribution in [0.1, 0.15) is 44.7 Å². The summed E-state index contributed by atoms with van der Waals surface area (Å²) in [5, 5.41) is 6.99. The number of aryl methyl sites for hydroxylation is 2. The van der Waals surface area contributed by atoms with Crippen molar-refractivity contribution in [3.05, 3.63) is 132 Å². The Kier molecular flexibility index (Phi) is 6.33. The SMILES string of the molecule is [2H]c1ccc2c(c1)c1ccc(Oc3cc(C)cc(-n4nc(C)c(-c5ccccc5)c4C)c3)cc1n2-c1cc(C(C)(C)C)ccn1. The first-order valence-corrected chi connectivity index (χ1v) is 15.0. The number of aromatic nitrogens is 4. The van der Waals surface area contributed by atoms with Crippen LogP contribution in [0.5, 0.6) is 11.5 Å². The van der Waals surface area contributed by atoms with Crippen LogP contribution < -0.4 is 4.74 Å². The molecule has 7 aromatic rings. The first-order chi connectivity index (χ1) is 21.6. The van der Waals surface area contributed by atoms with Crippen LogP contribution in [0, 0.1) is 20.8 Å². The number of nitrogens with zero attached hydrogens (tertiary/aromatic N) is 4. The van der Waals surface area contributed by atoms with Gasteiger partial charge in [0.15, 0.2) is 0 Å². The highest BCUT2D eigenvalue weighted by molar-refractivity contribution is 6.09. The number of pyridine rings is 1. The van der Waals surface area contributed by atoms with Crippen molar-refractivity contribution in [2.75, 3.05) is 0 Å². The van der Waals surface area contributed by atoms with Gasteiger partial charge in [-0.2, -0.15) is 5.10 Å². The second-order valence-corrected chi connectivity index (χ2v) is 12.5. The number of benzene rings is 4. The normalized spacial score (nSPS) is 12.2. The van der Waals surface area contributed by atoms with Crippen LogP contribution in [0.2, 0.25) is 0 Å². The van der Waals surface area contributed by atoms with E-state index in [4.69, 9.17) is 16.2 Å². The molecule has 5 nitrogen and oxygen atoms in total. The maximum Gasteiger partial charge on any atom is 0.137 e. The first-order valence-electron chi connectivity index (χ1n) is 15.5. The zero-order valence-electron chi connectivity index (χ0n) is 27.0. The number of ether oxygens (including phenoxy) is 1. The Morgan fingerprint density at radius 1 is 0.750 bits per heavy atom. The van der Waals surface area contributed by atoms with Crippen molar-refractivity contribution in [3.8, 4) is 34.1 Å². The number of para-hydroxylation sites is 1. The molecule has 0 radical (unpaired) electrons. The lowest BCUT2D eigenvalue weighted by atomic mass is 9.88. The molecule has 218 valence electrons. The summed E-state index contributed by atoms with van der Waals surface area (Å²) in [5.74, 6) is 2.30. The summed E-state index contributed by atoms with van der Waals surface area (Å²) in [6, 6.07) is 33.3. The highest BCUT2D eigenvalue weighted by Gasteiger charge is 2.19. The van der Waals surface area contributed by atoms with Crippen LogP contribution in [0.15, 0.2) is 109 Å². The molecule has 0 unspecified atom stereocenters. The first kappa shape index (κ1) is 26.5. The van der Waals surface area contributed by atoms with Gasteiger partial charge in [-0.05, 0) is 85.3 Å². The van der Waals surface area contributed by atoms with Gasteiger partial charge in [-0.25, -0.2) is 9.67 Å². The van der Waals surface area contributed by atoms with Crippen molar-refractivity contribution < 1.29 is 6.11 Å². The highest BCUT2D eigenvalue weighted by atomic mass is 16.5. The number of hydrogen-bond donors (Lipinski definition) is 0. The maximum absolute atomic E-state index is 8.31. The quantitative estimate of drug-likeness (QED) is 0.204. The van der Waals surface area contributed by atoms with E-state index in [0.717, 1.165) is 72.9 Å². The van der Waals surface area contributed by atoms with Crippen molar-refractivity contribution in [2.45, 2.75) is 47.0 Å². The molecule has 0 saturated carbocycles. The molecule has 7 rings (SSSR count). The van der Waals surface area contributed by atoms with Crippen molar-refractivity contribution in [2.24, 2.45) is 0 Å². The van der Waals surface area contributed by atoms with Gasteiger partial charge in [-0.3, -0.25) is 4.57 Å². The van der Waals surface area contributed by atoms with Crippen molar-refractivity contribution in [1.29, 1.82) is 0 Å². The van der Waals surface area contributed by atoms with Gasteiger partial charge in [0.1, 0.15) is 17.3 Å². The van der Waals surface area contributed by atoms with Gasteiger partial charge in [0.2, 0.25) is 0 Å². The number of rotatable bonds is 5. The van der Waals surface area contributed by atoms with E-state index in [-0.39, 0.29) is 5.41 Å². The highest BCUT2D eigenvalue weighted by Crippen LogP contribution is 2.37. The van der Waals surface area contributed by atoms with Gasteiger partial charge in [0.25, 0.3) is 0 Å². The third kappa shape index (κ3) is 4.84. The van der Waals surface area contributed by atoms with E-state index in [1.807, 2.05) is 53.3 Å². The average Bonchev–Trinajstić information content (AvgIpc) is 3.49. The Labute approximate surface area is 259 Å². The van der Waals surface area contributed by atoms with Gasteiger partial charge in [0, 0.05) is 40.4 Å². The smallest absolute Gasteiger partial charge is 0.137 e. The fraction of sp³-hybridized carbons (Fsp3) is 0.179. The summed E-state index contributed by atoms with van der Waals surface area (Å²) >= 11 is 0. The summed E-state index contributed by atoms with van der Waals surface area (Å²) in [5.41, 5.74) is 9.59. The molecule has 0 aliphatic rings. The van der Waals surface area contributed by atoms with Crippen LogP contribution in [0.4, 0.5) is 0 Å². The number of hydrogen-bond acceptors (Lipinski definition) is 3. The summed E-state index contributed by atoms with van der Waals surface area (Å²) < 4.78 is 19.1. The third-order valence-corrected chi connectivity index (χ3v) is 8.29. The molecule has 4 aromatic carbocycles. The third-order valence-electron chi connectivity index (χ3n) is 8.29. The lowest BCUT2D eigenvalue weighted by Crippen LogP contribution is -2.12. The predicted molar refractivity (Wildman–Crippen MR) is 181 cm³/mol. The molecule has 0 N–H and O–H groups in total. The second kappa shape index (κ2) is 10.5. The lowest BCUT2D eigenvalue weighted by Gasteiger charge is -2.20. The van der Waals surface area contributed by atoms with Gasteiger partial charge < -0.3 is 4.74 Å². The Morgan fingerprint density at radius 2 is 1.55 bits per heavy atom. The van der Waals surface area contributed by atoms with Gasteiger partial charge in [0.05, 0.1) is 23.8 Å². The summed E-state index contributed by atoms with van der Waals surface area (Å²) in [6.07, 6.45) is 1.88. The van der Waals surface area contributed by atoms with Crippen LogP contribution in [0.25, 0.3) is 44.4 Å². The standard InChI is InChI=1S/C39H36N4O/c1-25-20-30(43-27(3)38(26(2)41-43)28-12-8-7-9-13-28)23-32(21-25)44-31-16-17-34-33-14-10-11-15-35(33)42(36(34)24-31)37-22-29(18-19-40-37)39(4,5)6/h7-24H,1-6H3/i10D. The van der Waals surface area contributed by atoms with E-state index >= 15 is 0 Å². The molecule has 5 heteroatoms. The molecular formula is C39H36N4O. The minimum Gasteiger partial charge on any atom is -0.457 e. The lowest BCUT2D eigenvalue weighted by molar-refractivity contribution is 0.482. The van der Waals surface area contributed by atoms with Gasteiger partial charge >= 0.3 is 0 Å². The molecular weight excluding hydrogens is 540 g/mol. The summed E-state index contributed by atoms with van der Waals surface area (Å²) in [6.45, 7) is 12.9. The van der Waals surface area contributed by atoms with Crippen LogP contribution in [-0.4, -0.2) is 19.3 Å². The largest absolute Gasteiger partial charge is 0.457 e. The fourth-order valence-corrected chi connectivity index (χ4v) is 6.17. The van der Waals surface area contributed by atoms with Crippen LogP contribution in [-0.2, 0) is 5.41 Å². The molecule has 0 bridgehead atoms. The molecule has 3 aromatic heterocycles. The van der Waals surface area contributed by atoms with Crippen molar-refractivity contribution in [3.63, 3.8) is 0 Å². The minimum absolute atomic E-state index is 0.0186. The molecule has 0 amide bonds. The Bertz CT molecular complexity index is 2220. The monoisotopic (exact) mass is 577 g/mol. The fourth-order valence-electron chi connectivity index (χ4n) is 6.17. The molecule has 3 heterocycles. The summed E-state index contributed by atoms with van der Waals surface area (Å²) in [7, 11) is 0. The van der Waals surface area contributed by atoms with Gasteiger partial charge in [-0.15, -0.1) is 0 Å². The van der Waals surface area contributed by atoms with Crippen LogP contribution >= 0.6 is 0 Å². The Hall–Kier alpha value is -5.16. The Morgan fingerprint density at radius 3 is 2.34 bits per heavy atom. The zero-order valence-corrected chi connectivity index (χ0v) is 26.0. The molecule has 0 aliphatic heterocycles. The zero-order chi connectivity index (χ0) is 31.5. The molecule has 0 spiro atoms. The molecule has 44 heavy (non-hydrogen) atoms. The van der Waals surface area contributed by atoms with Crippen molar-refractivity contribution >= 4 is 21.8 Å². The Balaban J connectivity index is 1.32. The topological polar surface area (TPSA) is 44.9 Å². The van der Waals surface area contributed by atoms with E-state index in [1.165, 1.54) is 5.56 Å². The number of fused-ring (bicyclic) bond motifs is 3. The molecule has 0 atom stereocenters. The second-order valence-electron chi connectivity index (χ2n) is 12.5. The molecule has 0 saturated heterocycles. The van der Waals surface area contributed by atoms with E-state index in [1.54, 1.807) is 0 Å². The van der Waals surface area contributed by atoms with Gasteiger partial charge in [-0.1, -0.05) is 69.3 Å². The van der Waals surface area contributed by atoms with Crippen LogP contribution in [0.3, 0.4) is 0 Å². The molecule has 0 aliphatic carbocycles. The van der Waals surface area contributed by atoms with E-state index in [2.05, 4.69) is 101 Å².